The summed E-state index contributed by atoms with van der Waals surface area (Å²) >= 11 is 0. The minimum atomic E-state index is -0.829. The molecule has 0 saturated heterocycles. The van der Waals surface area contributed by atoms with Crippen LogP contribution in [0.1, 0.15) is 20.8 Å². The van der Waals surface area contributed by atoms with E-state index < -0.39 is 6.29 Å². The fraction of sp³-hybridized carbons (Fsp3) is 1.00. The average Bonchev–Trinajstić information content (AvgIpc) is 1.63. The summed E-state index contributed by atoms with van der Waals surface area (Å²) in [6.07, 6.45) is -0.795. The van der Waals surface area contributed by atoms with Crippen molar-refractivity contribution in [3.8, 4) is 0 Å². The highest BCUT2D eigenvalue weighted by molar-refractivity contribution is 4.56. The first-order chi connectivity index (χ1) is 4.04. The van der Waals surface area contributed by atoms with Gasteiger partial charge in [-0.15, -0.1) is 0 Å². The highest BCUT2D eigenvalue weighted by Gasteiger charge is 2.10. The zero-order valence-electron chi connectivity index (χ0n) is 6.16. The lowest BCUT2D eigenvalue weighted by atomic mass is 10.3. The van der Waals surface area contributed by atoms with Crippen molar-refractivity contribution in [2.24, 2.45) is 5.73 Å². The van der Waals surface area contributed by atoms with Gasteiger partial charge in [0.2, 0.25) is 0 Å². The van der Waals surface area contributed by atoms with Gasteiger partial charge >= 0.3 is 0 Å². The molecule has 3 N–H and O–H groups in total. The highest BCUT2D eigenvalue weighted by Crippen LogP contribution is 1.96. The molecule has 0 bridgehead atoms. The van der Waals surface area contributed by atoms with Crippen LogP contribution in [0.3, 0.4) is 0 Å². The van der Waals surface area contributed by atoms with Crippen LogP contribution >= 0.6 is 0 Å². The predicted octanol–water partition coefficient (Wildman–Crippen LogP) is 0.0770. The van der Waals surface area contributed by atoms with E-state index in [9.17, 15) is 0 Å². The molecule has 0 fully saturated rings. The van der Waals surface area contributed by atoms with Gasteiger partial charge in [0.05, 0.1) is 12.1 Å². The molecule has 0 aromatic heterocycles. The zero-order chi connectivity index (χ0) is 7.44. The Balaban J connectivity index is 3.38. The average molecular weight is 133 g/mol. The Labute approximate surface area is 55.8 Å². The summed E-state index contributed by atoms with van der Waals surface area (Å²) in [4.78, 5) is 0. The largest absolute Gasteiger partial charge is 0.367 e. The van der Waals surface area contributed by atoms with Crippen LogP contribution in [0.5, 0.6) is 0 Å². The second-order valence-electron chi connectivity index (χ2n) is 2.43. The molecular weight excluding hydrogens is 118 g/mol. The van der Waals surface area contributed by atoms with E-state index in [2.05, 4.69) is 0 Å². The maximum absolute atomic E-state index is 8.95. The molecule has 1 unspecified atom stereocenters. The van der Waals surface area contributed by atoms with Crippen molar-refractivity contribution in [2.45, 2.75) is 39.2 Å². The summed E-state index contributed by atoms with van der Waals surface area (Å²) in [5.41, 5.74) is 5.31. The lowest BCUT2D eigenvalue weighted by Gasteiger charge is -2.17. The first-order valence-electron chi connectivity index (χ1n) is 3.13. The second kappa shape index (κ2) is 3.82. The standard InChI is InChI=1S/C6H15NO2/c1-4(2)9-6(8)5(3)7/h4-6,8H,7H2,1-3H3/t5-,6?/m1/s1. The smallest absolute Gasteiger partial charge is 0.169 e. The number of ether oxygens (including phenoxy) is 1. The first kappa shape index (κ1) is 8.88. The van der Waals surface area contributed by atoms with Crippen LogP contribution in [-0.4, -0.2) is 23.5 Å². The van der Waals surface area contributed by atoms with Crippen molar-refractivity contribution in [1.29, 1.82) is 0 Å². The van der Waals surface area contributed by atoms with E-state index >= 15 is 0 Å². The molecular formula is C6H15NO2. The van der Waals surface area contributed by atoms with Crippen molar-refractivity contribution in [3.63, 3.8) is 0 Å². The Morgan fingerprint density at radius 3 is 1.89 bits per heavy atom. The van der Waals surface area contributed by atoms with Crippen LogP contribution in [0, 0.1) is 0 Å². The molecule has 0 amide bonds. The molecule has 0 saturated carbocycles. The van der Waals surface area contributed by atoms with Gasteiger partial charge in [0.25, 0.3) is 0 Å². The van der Waals surface area contributed by atoms with Crippen LogP contribution in [0.25, 0.3) is 0 Å². The van der Waals surface area contributed by atoms with Gasteiger partial charge in [0.1, 0.15) is 0 Å². The van der Waals surface area contributed by atoms with Crippen molar-refractivity contribution >= 4 is 0 Å². The Hall–Kier alpha value is -0.120. The van der Waals surface area contributed by atoms with E-state index in [1.807, 2.05) is 13.8 Å². The Kier molecular flexibility index (Phi) is 3.77. The highest BCUT2D eigenvalue weighted by atomic mass is 16.6. The molecule has 56 valence electrons. The van der Waals surface area contributed by atoms with E-state index in [1.54, 1.807) is 6.92 Å². The molecule has 0 radical (unpaired) electrons. The molecule has 0 aromatic rings. The lowest BCUT2D eigenvalue weighted by Crippen LogP contribution is -2.35. The molecule has 0 spiro atoms. The molecule has 0 aliphatic heterocycles. The third-order valence-electron chi connectivity index (χ3n) is 0.861. The Morgan fingerprint density at radius 2 is 1.78 bits per heavy atom. The summed E-state index contributed by atoms with van der Waals surface area (Å²) in [6.45, 7) is 5.41. The van der Waals surface area contributed by atoms with Gasteiger partial charge in [0.15, 0.2) is 6.29 Å². The van der Waals surface area contributed by atoms with Gasteiger partial charge in [-0.25, -0.2) is 0 Å². The zero-order valence-corrected chi connectivity index (χ0v) is 6.16. The number of rotatable bonds is 3. The molecule has 0 heterocycles. The minimum absolute atomic E-state index is 0.0333. The number of nitrogens with two attached hydrogens (primary N) is 1. The summed E-state index contributed by atoms with van der Waals surface area (Å²) in [5.74, 6) is 0. The van der Waals surface area contributed by atoms with E-state index in [1.165, 1.54) is 0 Å². The van der Waals surface area contributed by atoms with E-state index in [-0.39, 0.29) is 12.1 Å². The molecule has 0 rings (SSSR count). The van der Waals surface area contributed by atoms with Crippen molar-refractivity contribution in [1.82, 2.24) is 0 Å². The number of aliphatic hydroxyl groups excluding tert-OH is 1. The fourth-order valence-electron chi connectivity index (χ4n) is 0.403. The van der Waals surface area contributed by atoms with Crippen LogP contribution < -0.4 is 5.73 Å². The summed E-state index contributed by atoms with van der Waals surface area (Å²) in [5, 5.41) is 8.95. The number of hydrogen-bond acceptors (Lipinski definition) is 3. The monoisotopic (exact) mass is 133 g/mol. The first-order valence-corrected chi connectivity index (χ1v) is 3.13. The van der Waals surface area contributed by atoms with Crippen LogP contribution in [0.15, 0.2) is 0 Å². The quantitative estimate of drug-likeness (QED) is 0.536. The summed E-state index contributed by atoms with van der Waals surface area (Å²) < 4.78 is 4.94. The van der Waals surface area contributed by atoms with Crippen LogP contribution in [0.2, 0.25) is 0 Å². The minimum Gasteiger partial charge on any atom is -0.367 e. The summed E-state index contributed by atoms with van der Waals surface area (Å²) in [6, 6.07) is -0.313. The Bertz CT molecular complexity index is 73.5. The maximum Gasteiger partial charge on any atom is 0.169 e. The Morgan fingerprint density at radius 1 is 1.33 bits per heavy atom. The van der Waals surface area contributed by atoms with Crippen LogP contribution in [-0.2, 0) is 4.74 Å². The van der Waals surface area contributed by atoms with E-state index in [0.29, 0.717) is 0 Å². The molecule has 0 aliphatic rings. The SMILES string of the molecule is CC(C)OC(O)[C@@H](C)N. The lowest BCUT2D eigenvalue weighted by molar-refractivity contribution is -0.134. The van der Waals surface area contributed by atoms with Crippen molar-refractivity contribution < 1.29 is 9.84 Å². The molecule has 3 nitrogen and oxygen atoms in total. The third-order valence-corrected chi connectivity index (χ3v) is 0.861. The van der Waals surface area contributed by atoms with Gasteiger partial charge in [-0.2, -0.15) is 0 Å². The molecule has 2 atom stereocenters. The summed E-state index contributed by atoms with van der Waals surface area (Å²) in [7, 11) is 0. The van der Waals surface area contributed by atoms with Gasteiger partial charge < -0.3 is 15.6 Å². The molecule has 9 heavy (non-hydrogen) atoms. The van der Waals surface area contributed by atoms with Gasteiger partial charge in [-0.3, -0.25) is 0 Å². The second-order valence-corrected chi connectivity index (χ2v) is 2.43. The van der Waals surface area contributed by atoms with Gasteiger partial charge in [-0.1, -0.05) is 0 Å². The third kappa shape index (κ3) is 4.39. The molecule has 3 heteroatoms. The predicted molar refractivity (Wildman–Crippen MR) is 35.9 cm³/mol. The van der Waals surface area contributed by atoms with Gasteiger partial charge in [-0.05, 0) is 20.8 Å². The van der Waals surface area contributed by atoms with Gasteiger partial charge in [0, 0.05) is 0 Å². The normalized spacial score (nSPS) is 18.0. The van der Waals surface area contributed by atoms with Crippen molar-refractivity contribution in [2.75, 3.05) is 0 Å². The van der Waals surface area contributed by atoms with Crippen LogP contribution in [0.4, 0.5) is 0 Å². The van der Waals surface area contributed by atoms with E-state index in [0.717, 1.165) is 0 Å². The fourth-order valence-corrected chi connectivity index (χ4v) is 0.403. The maximum atomic E-state index is 8.95. The van der Waals surface area contributed by atoms with Crippen molar-refractivity contribution in [3.05, 3.63) is 0 Å². The molecule has 0 aromatic carbocycles. The number of aliphatic hydroxyl groups is 1. The molecule has 0 aliphatic carbocycles. The number of hydrogen-bond donors (Lipinski definition) is 2. The van der Waals surface area contributed by atoms with E-state index in [4.69, 9.17) is 15.6 Å². The topological polar surface area (TPSA) is 55.5 Å².